The number of aromatic nitrogens is 2. The molecule has 0 saturated carbocycles. The van der Waals surface area contributed by atoms with E-state index in [4.69, 9.17) is 0 Å². The van der Waals surface area contributed by atoms with Gasteiger partial charge in [0.25, 0.3) is 5.56 Å². The van der Waals surface area contributed by atoms with Crippen LogP contribution in [0.1, 0.15) is 16.0 Å². The minimum absolute atomic E-state index is 0.0370. The highest BCUT2D eigenvalue weighted by atomic mass is 32.1. The summed E-state index contributed by atoms with van der Waals surface area (Å²) in [5, 5.41) is 0.720. The molecule has 2 heterocycles. The molecule has 0 amide bonds. The van der Waals surface area contributed by atoms with Gasteiger partial charge in [-0.15, -0.1) is 11.3 Å². The smallest absolute Gasteiger partial charge is 0.262 e. The van der Waals surface area contributed by atoms with Crippen molar-refractivity contribution in [1.82, 2.24) is 9.55 Å². The SMILES string of the molecule is Cc1ccc(Cn2cnc3sc(C)cc3c2=O)cc1. The van der Waals surface area contributed by atoms with Crippen LogP contribution in [0.2, 0.25) is 0 Å². The van der Waals surface area contributed by atoms with Gasteiger partial charge in [-0.2, -0.15) is 0 Å². The van der Waals surface area contributed by atoms with Gasteiger partial charge in [-0.1, -0.05) is 29.8 Å². The molecule has 0 aliphatic rings. The lowest BCUT2D eigenvalue weighted by Gasteiger charge is -2.05. The maximum atomic E-state index is 12.3. The summed E-state index contributed by atoms with van der Waals surface area (Å²) in [7, 11) is 0. The molecule has 0 bridgehead atoms. The number of rotatable bonds is 2. The zero-order valence-electron chi connectivity index (χ0n) is 10.9. The Morgan fingerprint density at radius 3 is 2.68 bits per heavy atom. The van der Waals surface area contributed by atoms with Crippen molar-refractivity contribution in [2.75, 3.05) is 0 Å². The fraction of sp³-hybridized carbons (Fsp3) is 0.200. The molecule has 0 aliphatic carbocycles. The Balaban J connectivity index is 2.03. The summed E-state index contributed by atoms with van der Waals surface area (Å²) in [5.74, 6) is 0. The van der Waals surface area contributed by atoms with Crippen molar-refractivity contribution in [3.05, 3.63) is 63.0 Å². The van der Waals surface area contributed by atoms with Gasteiger partial charge in [-0.25, -0.2) is 4.98 Å². The van der Waals surface area contributed by atoms with E-state index in [1.54, 1.807) is 22.2 Å². The van der Waals surface area contributed by atoms with Gasteiger partial charge in [0, 0.05) is 4.88 Å². The van der Waals surface area contributed by atoms with E-state index >= 15 is 0 Å². The van der Waals surface area contributed by atoms with E-state index in [0.29, 0.717) is 6.54 Å². The number of benzene rings is 1. The van der Waals surface area contributed by atoms with Gasteiger partial charge < -0.3 is 0 Å². The van der Waals surface area contributed by atoms with Crippen LogP contribution >= 0.6 is 11.3 Å². The van der Waals surface area contributed by atoms with Crippen LogP contribution in [0, 0.1) is 13.8 Å². The first-order valence-corrected chi connectivity index (χ1v) is 6.96. The molecule has 0 unspecified atom stereocenters. The predicted molar refractivity (Wildman–Crippen MR) is 78.9 cm³/mol. The van der Waals surface area contributed by atoms with Gasteiger partial charge in [0.2, 0.25) is 0 Å². The predicted octanol–water partition coefficient (Wildman–Crippen LogP) is 3.12. The van der Waals surface area contributed by atoms with Crippen molar-refractivity contribution in [1.29, 1.82) is 0 Å². The average molecular weight is 270 g/mol. The molecule has 0 atom stereocenters. The minimum atomic E-state index is 0.0370. The van der Waals surface area contributed by atoms with Crippen LogP contribution in [-0.2, 0) is 6.54 Å². The molecule has 0 N–H and O–H groups in total. The lowest BCUT2D eigenvalue weighted by molar-refractivity contribution is 0.749. The van der Waals surface area contributed by atoms with Gasteiger partial charge in [0.1, 0.15) is 4.83 Å². The molecule has 2 aromatic heterocycles. The van der Waals surface area contributed by atoms with Crippen LogP contribution in [0.3, 0.4) is 0 Å². The summed E-state index contributed by atoms with van der Waals surface area (Å²) in [6.45, 7) is 4.62. The normalized spacial score (nSPS) is 11.1. The van der Waals surface area contributed by atoms with E-state index in [0.717, 1.165) is 20.7 Å². The Hall–Kier alpha value is -1.94. The van der Waals surface area contributed by atoms with Gasteiger partial charge in [-0.05, 0) is 25.5 Å². The third kappa shape index (κ3) is 2.31. The molecule has 3 nitrogen and oxygen atoms in total. The Labute approximate surface area is 115 Å². The maximum Gasteiger partial charge on any atom is 0.262 e. The molecular weight excluding hydrogens is 256 g/mol. The molecule has 1 aromatic carbocycles. The highest BCUT2D eigenvalue weighted by molar-refractivity contribution is 7.18. The van der Waals surface area contributed by atoms with E-state index in [9.17, 15) is 4.79 Å². The summed E-state index contributed by atoms with van der Waals surface area (Å²) < 4.78 is 1.67. The highest BCUT2D eigenvalue weighted by Crippen LogP contribution is 2.19. The maximum absolute atomic E-state index is 12.3. The summed E-state index contributed by atoms with van der Waals surface area (Å²) in [6.07, 6.45) is 1.64. The van der Waals surface area contributed by atoms with E-state index in [2.05, 4.69) is 24.0 Å². The first-order valence-electron chi connectivity index (χ1n) is 6.14. The molecule has 3 rings (SSSR count). The quantitative estimate of drug-likeness (QED) is 0.717. The van der Waals surface area contributed by atoms with Crippen LogP contribution in [0.25, 0.3) is 10.2 Å². The molecule has 0 radical (unpaired) electrons. The lowest BCUT2D eigenvalue weighted by atomic mass is 10.1. The third-order valence-corrected chi connectivity index (χ3v) is 4.07. The molecule has 19 heavy (non-hydrogen) atoms. The number of hydrogen-bond acceptors (Lipinski definition) is 3. The lowest BCUT2D eigenvalue weighted by Crippen LogP contribution is -2.20. The van der Waals surface area contributed by atoms with Crippen LogP contribution in [0.15, 0.2) is 41.5 Å². The summed E-state index contributed by atoms with van der Waals surface area (Å²) in [4.78, 5) is 18.6. The largest absolute Gasteiger partial charge is 0.294 e. The van der Waals surface area contributed by atoms with Crippen molar-refractivity contribution in [2.24, 2.45) is 0 Å². The molecule has 0 spiro atoms. The molecule has 96 valence electrons. The van der Waals surface area contributed by atoms with Gasteiger partial charge in [0.15, 0.2) is 0 Å². The van der Waals surface area contributed by atoms with Crippen molar-refractivity contribution in [3.63, 3.8) is 0 Å². The van der Waals surface area contributed by atoms with E-state index in [1.807, 2.05) is 25.1 Å². The Morgan fingerprint density at radius 2 is 1.95 bits per heavy atom. The second-order valence-electron chi connectivity index (χ2n) is 4.74. The van der Waals surface area contributed by atoms with Gasteiger partial charge >= 0.3 is 0 Å². The topological polar surface area (TPSA) is 34.9 Å². The van der Waals surface area contributed by atoms with Crippen LogP contribution in [-0.4, -0.2) is 9.55 Å². The highest BCUT2D eigenvalue weighted by Gasteiger charge is 2.07. The fourth-order valence-electron chi connectivity index (χ4n) is 2.08. The summed E-state index contributed by atoms with van der Waals surface area (Å²) >= 11 is 1.56. The average Bonchev–Trinajstić information content (AvgIpc) is 2.77. The van der Waals surface area contributed by atoms with E-state index in [-0.39, 0.29) is 5.56 Å². The van der Waals surface area contributed by atoms with Crippen LogP contribution < -0.4 is 5.56 Å². The van der Waals surface area contributed by atoms with E-state index < -0.39 is 0 Å². The van der Waals surface area contributed by atoms with Crippen molar-refractivity contribution in [2.45, 2.75) is 20.4 Å². The van der Waals surface area contributed by atoms with Crippen molar-refractivity contribution in [3.8, 4) is 0 Å². The number of thiophene rings is 1. The molecule has 0 aliphatic heterocycles. The second-order valence-corrected chi connectivity index (χ2v) is 5.97. The third-order valence-electron chi connectivity index (χ3n) is 3.11. The first kappa shape index (κ1) is 12.1. The Bertz CT molecular complexity index is 784. The zero-order valence-corrected chi connectivity index (χ0v) is 11.7. The molecular formula is C15H14N2OS. The van der Waals surface area contributed by atoms with Crippen molar-refractivity contribution >= 4 is 21.6 Å². The second kappa shape index (κ2) is 4.63. The van der Waals surface area contributed by atoms with Crippen LogP contribution in [0.5, 0.6) is 0 Å². The standard InChI is InChI=1S/C15H14N2OS/c1-10-3-5-12(6-4-10)8-17-9-16-14-13(15(17)18)7-11(2)19-14/h3-7,9H,8H2,1-2H3. The van der Waals surface area contributed by atoms with Gasteiger partial charge in [0.05, 0.1) is 18.3 Å². The molecule has 4 heteroatoms. The van der Waals surface area contributed by atoms with Crippen molar-refractivity contribution < 1.29 is 0 Å². The Kier molecular flexibility index (Phi) is 2.95. The Morgan fingerprint density at radius 1 is 1.21 bits per heavy atom. The number of aryl methyl sites for hydroxylation is 2. The summed E-state index contributed by atoms with van der Waals surface area (Å²) in [5.41, 5.74) is 2.37. The zero-order chi connectivity index (χ0) is 13.4. The number of nitrogens with zero attached hydrogens (tertiary/aromatic N) is 2. The van der Waals surface area contributed by atoms with Gasteiger partial charge in [-0.3, -0.25) is 9.36 Å². The fourth-order valence-corrected chi connectivity index (χ4v) is 2.92. The molecule has 0 saturated heterocycles. The number of fused-ring (bicyclic) bond motifs is 1. The summed E-state index contributed by atoms with van der Waals surface area (Å²) in [6, 6.07) is 10.1. The molecule has 3 aromatic rings. The number of hydrogen-bond donors (Lipinski definition) is 0. The first-order chi connectivity index (χ1) is 9.13. The minimum Gasteiger partial charge on any atom is -0.294 e. The van der Waals surface area contributed by atoms with E-state index in [1.165, 1.54) is 5.56 Å². The van der Waals surface area contributed by atoms with Crippen LogP contribution in [0.4, 0.5) is 0 Å². The monoisotopic (exact) mass is 270 g/mol. The molecule has 0 fully saturated rings.